The fraction of sp³-hybridized carbons (Fsp3) is 0.333. The Labute approximate surface area is 157 Å². The van der Waals surface area contributed by atoms with Crippen LogP contribution in [0.25, 0.3) is 0 Å². The zero-order valence-electron chi connectivity index (χ0n) is 14.9. The third-order valence-corrected chi connectivity index (χ3v) is 6.74. The van der Waals surface area contributed by atoms with Crippen molar-refractivity contribution in [1.29, 1.82) is 5.26 Å². The number of fused-ring (bicyclic) bond motifs is 2. The molecule has 138 valence electrons. The number of hydrogen-bond donors (Lipinski definition) is 0. The van der Waals surface area contributed by atoms with Crippen LogP contribution in [0.1, 0.15) is 63.4 Å². The van der Waals surface area contributed by atoms with E-state index in [1.165, 1.54) is 18.2 Å². The Bertz CT molecular complexity index is 1130. The molecule has 0 spiro atoms. The smallest absolute Gasteiger partial charge is 0.176 e. The number of nitrogens with zero attached hydrogens (tertiary/aromatic N) is 1. The van der Waals surface area contributed by atoms with Crippen molar-refractivity contribution in [1.82, 2.24) is 0 Å². The summed E-state index contributed by atoms with van der Waals surface area (Å²) in [5, 5.41) is 9.52. The lowest BCUT2D eigenvalue weighted by molar-refractivity contribution is 0.0992. The molecule has 4 nitrogen and oxygen atoms in total. The van der Waals surface area contributed by atoms with E-state index in [0.717, 1.165) is 41.4 Å². The standard InChI is InChI=1S/C21H18FNO3S/c1-27(25,26)19-8-6-15(17-5-7-18(24)21(17)19)16-4-2-3-12-9-14(22)10-13(11-23)20(12)16/h6,8-10,16H,2-5,7H2,1H3. The number of hydrogen-bond acceptors (Lipinski definition) is 4. The molecule has 2 aromatic rings. The van der Waals surface area contributed by atoms with Gasteiger partial charge in [-0.2, -0.15) is 5.26 Å². The van der Waals surface area contributed by atoms with Gasteiger partial charge in [0.05, 0.1) is 16.5 Å². The number of rotatable bonds is 2. The topological polar surface area (TPSA) is 75.0 Å². The molecule has 6 heteroatoms. The maximum Gasteiger partial charge on any atom is 0.176 e. The summed E-state index contributed by atoms with van der Waals surface area (Å²) < 4.78 is 38.1. The second kappa shape index (κ2) is 6.28. The predicted octanol–water partition coefficient (Wildman–Crippen LogP) is 3.70. The molecule has 4 rings (SSSR count). The van der Waals surface area contributed by atoms with Crippen LogP contribution in [0.2, 0.25) is 0 Å². The average molecular weight is 383 g/mol. The number of benzene rings is 2. The van der Waals surface area contributed by atoms with Gasteiger partial charge in [0.25, 0.3) is 0 Å². The number of carbonyl (C=O) groups is 1. The van der Waals surface area contributed by atoms with Crippen molar-refractivity contribution in [3.05, 3.63) is 63.5 Å². The van der Waals surface area contributed by atoms with Crippen LogP contribution in [0.5, 0.6) is 0 Å². The highest BCUT2D eigenvalue weighted by molar-refractivity contribution is 7.90. The Morgan fingerprint density at radius 3 is 2.67 bits per heavy atom. The molecule has 27 heavy (non-hydrogen) atoms. The first-order chi connectivity index (χ1) is 12.8. The largest absolute Gasteiger partial charge is 0.294 e. The summed E-state index contributed by atoms with van der Waals surface area (Å²) in [4.78, 5) is 12.5. The molecular formula is C21H18FNO3S. The molecule has 0 aromatic heterocycles. The number of Topliss-reactive ketones (excluding diaryl/α,β-unsaturated/α-hetero) is 1. The van der Waals surface area contributed by atoms with Crippen LogP contribution in [0, 0.1) is 17.1 Å². The average Bonchev–Trinajstić information content (AvgIpc) is 3.00. The van der Waals surface area contributed by atoms with Crippen LogP contribution in [0.15, 0.2) is 29.2 Å². The second-order valence-electron chi connectivity index (χ2n) is 7.28. The molecule has 2 aromatic carbocycles. The van der Waals surface area contributed by atoms with E-state index in [4.69, 9.17) is 0 Å². The zero-order chi connectivity index (χ0) is 19.3. The third-order valence-electron chi connectivity index (χ3n) is 5.60. The van der Waals surface area contributed by atoms with Crippen molar-refractivity contribution >= 4 is 15.6 Å². The van der Waals surface area contributed by atoms with Gasteiger partial charge < -0.3 is 0 Å². The summed E-state index contributed by atoms with van der Waals surface area (Å²) in [6.07, 6.45) is 4.25. The van der Waals surface area contributed by atoms with Crippen LogP contribution in [0.3, 0.4) is 0 Å². The highest BCUT2D eigenvalue weighted by Gasteiger charge is 2.34. The van der Waals surface area contributed by atoms with Gasteiger partial charge in [0, 0.05) is 24.2 Å². The number of aryl methyl sites for hydroxylation is 1. The molecule has 1 atom stereocenters. The minimum Gasteiger partial charge on any atom is -0.294 e. The van der Waals surface area contributed by atoms with Gasteiger partial charge in [-0.15, -0.1) is 0 Å². The molecule has 0 saturated carbocycles. The Morgan fingerprint density at radius 1 is 1.19 bits per heavy atom. The predicted molar refractivity (Wildman–Crippen MR) is 98.1 cm³/mol. The van der Waals surface area contributed by atoms with Crippen molar-refractivity contribution in [2.24, 2.45) is 0 Å². The highest BCUT2D eigenvalue weighted by Crippen LogP contribution is 2.43. The van der Waals surface area contributed by atoms with Crippen molar-refractivity contribution in [2.45, 2.75) is 42.9 Å². The quantitative estimate of drug-likeness (QED) is 0.792. The molecule has 2 aliphatic rings. The Morgan fingerprint density at radius 2 is 1.96 bits per heavy atom. The van der Waals surface area contributed by atoms with Crippen LogP contribution in [0.4, 0.5) is 4.39 Å². The number of carbonyl (C=O) groups excluding carboxylic acids is 1. The SMILES string of the molecule is CS(=O)(=O)c1ccc(C2CCCc3cc(F)cc(C#N)c32)c2c1C(=O)CC2. The van der Waals surface area contributed by atoms with Gasteiger partial charge in [-0.05, 0) is 66.1 Å². The monoisotopic (exact) mass is 383 g/mol. The summed E-state index contributed by atoms with van der Waals surface area (Å²) in [6.45, 7) is 0. The normalized spacial score (nSPS) is 18.7. The molecule has 0 bridgehead atoms. The fourth-order valence-corrected chi connectivity index (χ4v) is 5.48. The van der Waals surface area contributed by atoms with Gasteiger partial charge in [0.2, 0.25) is 0 Å². The van der Waals surface area contributed by atoms with Crippen molar-refractivity contribution in [3.8, 4) is 6.07 Å². The maximum absolute atomic E-state index is 13.9. The summed E-state index contributed by atoms with van der Waals surface area (Å²) in [6, 6.07) is 8.13. The minimum atomic E-state index is -3.51. The van der Waals surface area contributed by atoms with Gasteiger partial charge in [0.1, 0.15) is 5.82 Å². The van der Waals surface area contributed by atoms with E-state index in [-0.39, 0.29) is 16.6 Å². The Kier molecular flexibility index (Phi) is 4.15. The van der Waals surface area contributed by atoms with Gasteiger partial charge >= 0.3 is 0 Å². The number of halogens is 1. The molecule has 1 unspecified atom stereocenters. The minimum absolute atomic E-state index is 0.0828. The van der Waals surface area contributed by atoms with Crippen LogP contribution in [-0.4, -0.2) is 20.5 Å². The first kappa shape index (κ1) is 17.9. The molecular weight excluding hydrogens is 365 g/mol. The molecule has 2 aliphatic carbocycles. The van der Waals surface area contributed by atoms with Crippen LogP contribution < -0.4 is 0 Å². The first-order valence-corrected chi connectivity index (χ1v) is 10.8. The molecule has 0 aliphatic heterocycles. The van der Waals surface area contributed by atoms with Gasteiger partial charge in [-0.3, -0.25) is 4.79 Å². The van der Waals surface area contributed by atoms with E-state index in [9.17, 15) is 22.9 Å². The summed E-state index contributed by atoms with van der Waals surface area (Å²) >= 11 is 0. The van der Waals surface area contributed by atoms with Gasteiger partial charge in [-0.25, -0.2) is 12.8 Å². The van der Waals surface area contributed by atoms with E-state index in [1.54, 1.807) is 6.07 Å². The molecule has 0 amide bonds. The van der Waals surface area contributed by atoms with E-state index in [1.807, 2.05) is 0 Å². The van der Waals surface area contributed by atoms with E-state index >= 15 is 0 Å². The number of sulfone groups is 1. The van der Waals surface area contributed by atoms with Gasteiger partial charge in [0.15, 0.2) is 15.6 Å². The zero-order valence-corrected chi connectivity index (χ0v) is 15.7. The summed E-state index contributed by atoms with van der Waals surface area (Å²) in [5.41, 5.74) is 3.94. The number of ketones is 1. The molecule has 0 fully saturated rings. The lowest BCUT2D eigenvalue weighted by Crippen LogP contribution is -2.16. The van der Waals surface area contributed by atoms with E-state index in [2.05, 4.69) is 6.07 Å². The third kappa shape index (κ3) is 2.87. The van der Waals surface area contributed by atoms with Crippen LogP contribution >= 0.6 is 0 Å². The summed E-state index contributed by atoms with van der Waals surface area (Å²) in [7, 11) is -3.51. The molecule has 0 N–H and O–H groups in total. The molecule has 0 saturated heterocycles. The van der Waals surface area contributed by atoms with E-state index in [0.29, 0.717) is 30.4 Å². The van der Waals surface area contributed by atoms with E-state index < -0.39 is 15.7 Å². The van der Waals surface area contributed by atoms with Gasteiger partial charge in [-0.1, -0.05) is 6.07 Å². The number of nitriles is 1. The summed E-state index contributed by atoms with van der Waals surface area (Å²) in [5.74, 6) is -0.695. The van der Waals surface area contributed by atoms with Crippen LogP contribution in [-0.2, 0) is 22.7 Å². The highest BCUT2D eigenvalue weighted by atomic mass is 32.2. The lowest BCUT2D eigenvalue weighted by atomic mass is 9.75. The van der Waals surface area contributed by atoms with Crippen molar-refractivity contribution in [2.75, 3.05) is 6.26 Å². The first-order valence-electron chi connectivity index (χ1n) is 8.92. The Hall–Kier alpha value is -2.52. The molecule has 0 radical (unpaired) electrons. The van der Waals surface area contributed by atoms with Crippen molar-refractivity contribution in [3.63, 3.8) is 0 Å². The Balaban J connectivity index is 1.96. The van der Waals surface area contributed by atoms with Crippen molar-refractivity contribution < 1.29 is 17.6 Å². The lowest BCUT2D eigenvalue weighted by Gasteiger charge is -2.29. The fourth-order valence-electron chi connectivity index (χ4n) is 4.55. The second-order valence-corrected chi connectivity index (χ2v) is 9.27. The molecule has 0 heterocycles. The maximum atomic E-state index is 13.9.